The molecule has 3 aromatic rings. The Balaban J connectivity index is 1.88. The Hall–Kier alpha value is -2.83. The third-order valence-electron chi connectivity index (χ3n) is 5.07. The van der Waals surface area contributed by atoms with Gasteiger partial charge in [0, 0.05) is 28.0 Å². The van der Waals surface area contributed by atoms with Gasteiger partial charge in [-0.1, -0.05) is 29.8 Å². The molecule has 7 heteroatoms. The molecule has 1 aliphatic heterocycles. The van der Waals surface area contributed by atoms with Gasteiger partial charge in [-0.05, 0) is 35.4 Å². The van der Waals surface area contributed by atoms with Gasteiger partial charge in [0.15, 0.2) is 0 Å². The van der Waals surface area contributed by atoms with Crippen LogP contribution in [0.1, 0.15) is 33.2 Å². The van der Waals surface area contributed by atoms with Crippen molar-refractivity contribution in [2.45, 2.75) is 18.5 Å². The van der Waals surface area contributed by atoms with E-state index in [1.807, 2.05) is 24.3 Å². The van der Waals surface area contributed by atoms with Crippen molar-refractivity contribution in [1.29, 1.82) is 0 Å². The van der Waals surface area contributed by atoms with Crippen LogP contribution in [0.5, 0.6) is 0 Å². The molecule has 0 radical (unpaired) electrons. The molecule has 0 bridgehead atoms. The van der Waals surface area contributed by atoms with Crippen LogP contribution in [-0.2, 0) is 20.7 Å². The zero-order valence-corrected chi connectivity index (χ0v) is 16.2. The minimum Gasteiger partial charge on any atom is -0.468 e. The van der Waals surface area contributed by atoms with Crippen LogP contribution >= 0.6 is 11.6 Å². The molecule has 0 spiro atoms. The molecule has 0 unspecified atom stereocenters. The molecule has 4 rings (SSSR count). The number of hydrogen-bond acceptors (Lipinski definition) is 5. The van der Waals surface area contributed by atoms with Crippen LogP contribution in [-0.4, -0.2) is 37.2 Å². The summed E-state index contributed by atoms with van der Waals surface area (Å²) < 4.78 is 9.80. The predicted molar refractivity (Wildman–Crippen MR) is 106 cm³/mol. The minimum absolute atomic E-state index is 0.337. The summed E-state index contributed by atoms with van der Waals surface area (Å²) in [6.45, 7) is 0. The van der Waals surface area contributed by atoms with Crippen molar-refractivity contribution in [2.24, 2.45) is 0 Å². The van der Waals surface area contributed by atoms with Gasteiger partial charge in [0.2, 0.25) is 0 Å². The fourth-order valence-electron chi connectivity index (χ4n) is 3.81. The van der Waals surface area contributed by atoms with Gasteiger partial charge >= 0.3 is 11.9 Å². The number of ether oxygens (including phenoxy) is 2. The zero-order valence-electron chi connectivity index (χ0n) is 15.4. The Bertz CT molecular complexity index is 1080. The van der Waals surface area contributed by atoms with Crippen LogP contribution in [0.2, 0.25) is 5.02 Å². The molecule has 0 aliphatic carbocycles. The van der Waals surface area contributed by atoms with Gasteiger partial charge in [-0.15, -0.1) is 0 Å². The maximum absolute atomic E-state index is 12.3. The molecule has 0 saturated carbocycles. The number of methoxy groups -OCH3 is 2. The van der Waals surface area contributed by atoms with E-state index in [1.54, 1.807) is 18.2 Å². The van der Waals surface area contributed by atoms with Gasteiger partial charge in [0.05, 0.1) is 25.8 Å². The number of fused-ring (bicyclic) bond motifs is 3. The van der Waals surface area contributed by atoms with Gasteiger partial charge in [-0.3, -0.25) is 10.1 Å². The SMILES string of the molecule is COC(=O)c1cc(Cl)cc([C@H]2N[C@@H](C(=O)OC)Cc3c2[nH]c2ccccc32)c1. The monoisotopic (exact) mass is 398 g/mol. The number of nitrogens with one attached hydrogen (secondary N) is 2. The third kappa shape index (κ3) is 3.15. The highest BCUT2D eigenvalue weighted by Crippen LogP contribution is 2.36. The second kappa shape index (κ2) is 7.30. The minimum atomic E-state index is -0.512. The second-order valence-electron chi connectivity index (χ2n) is 6.71. The van der Waals surface area contributed by atoms with Crippen LogP contribution in [0.25, 0.3) is 10.9 Å². The molecule has 6 nitrogen and oxygen atoms in total. The first-order valence-corrected chi connectivity index (χ1v) is 9.21. The number of para-hydroxylation sites is 1. The van der Waals surface area contributed by atoms with Crippen LogP contribution in [0.15, 0.2) is 42.5 Å². The average Bonchev–Trinajstić information content (AvgIpc) is 3.10. The molecule has 2 N–H and O–H groups in total. The normalized spacial score (nSPS) is 18.5. The van der Waals surface area contributed by atoms with Gasteiger partial charge in [0.1, 0.15) is 6.04 Å². The molecule has 2 aromatic carbocycles. The largest absolute Gasteiger partial charge is 0.468 e. The summed E-state index contributed by atoms with van der Waals surface area (Å²) in [6.07, 6.45) is 0.507. The molecule has 28 heavy (non-hydrogen) atoms. The van der Waals surface area contributed by atoms with Crippen LogP contribution in [0.4, 0.5) is 0 Å². The standard InChI is InChI=1S/C21H19ClN2O4/c1-27-20(25)12-7-11(8-13(22)9-12)18-19-15(10-17(24-18)21(26)28-2)14-5-3-4-6-16(14)23-19/h3-9,17-18,23-24H,10H2,1-2H3/t17-,18-/m1/s1. The van der Waals surface area contributed by atoms with Crippen molar-refractivity contribution in [2.75, 3.05) is 14.2 Å². The summed E-state index contributed by atoms with van der Waals surface area (Å²) in [5.74, 6) is -0.808. The first-order chi connectivity index (χ1) is 13.5. The van der Waals surface area contributed by atoms with E-state index in [0.29, 0.717) is 17.0 Å². The molecular weight excluding hydrogens is 380 g/mol. The van der Waals surface area contributed by atoms with E-state index in [9.17, 15) is 9.59 Å². The lowest BCUT2D eigenvalue weighted by atomic mass is 9.89. The van der Waals surface area contributed by atoms with Gasteiger partial charge < -0.3 is 14.5 Å². The van der Waals surface area contributed by atoms with Crippen molar-refractivity contribution in [3.8, 4) is 0 Å². The molecule has 0 fully saturated rings. The molecule has 0 amide bonds. The number of rotatable bonds is 3. The van der Waals surface area contributed by atoms with Crippen molar-refractivity contribution < 1.29 is 19.1 Å². The van der Waals surface area contributed by atoms with E-state index < -0.39 is 12.0 Å². The summed E-state index contributed by atoms with van der Waals surface area (Å²) in [7, 11) is 2.70. The Morgan fingerprint density at radius 3 is 2.64 bits per heavy atom. The second-order valence-corrected chi connectivity index (χ2v) is 7.14. The van der Waals surface area contributed by atoms with E-state index in [2.05, 4.69) is 10.3 Å². The smallest absolute Gasteiger partial charge is 0.337 e. The van der Waals surface area contributed by atoms with Crippen molar-refractivity contribution in [3.63, 3.8) is 0 Å². The predicted octanol–water partition coefficient (Wildman–Crippen LogP) is 3.38. The van der Waals surface area contributed by atoms with Crippen molar-refractivity contribution in [3.05, 3.63) is 69.9 Å². The van der Waals surface area contributed by atoms with E-state index >= 15 is 0 Å². The maximum atomic E-state index is 12.3. The number of carbonyl (C=O) groups is 2. The van der Waals surface area contributed by atoms with Crippen LogP contribution < -0.4 is 5.32 Å². The van der Waals surface area contributed by atoms with E-state index in [4.69, 9.17) is 21.1 Å². The Morgan fingerprint density at radius 2 is 1.89 bits per heavy atom. The molecule has 1 aromatic heterocycles. The Morgan fingerprint density at radius 1 is 1.11 bits per heavy atom. The summed E-state index contributed by atoms with van der Waals surface area (Å²) in [4.78, 5) is 27.8. The molecule has 144 valence electrons. The quantitative estimate of drug-likeness (QED) is 0.661. The van der Waals surface area contributed by atoms with Gasteiger partial charge in [-0.2, -0.15) is 0 Å². The van der Waals surface area contributed by atoms with E-state index in [1.165, 1.54) is 14.2 Å². The summed E-state index contributed by atoms with van der Waals surface area (Å²) >= 11 is 6.26. The van der Waals surface area contributed by atoms with Crippen molar-refractivity contribution >= 4 is 34.4 Å². The highest BCUT2D eigenvalue weighted by Gasteiger charge is 2.34. The fourth-order valence-corrected chi connectivity index (χ4v) is 4.05. The number of benzene rings is 2. The van der Waals surface area contributed by atoms with Crippen LogP contribution in [0, 0.1) is 0 Å². The first kappa shape index (κ1) is 18.5. The first-order valence-electron chi connectivity index (χ1n) is 8.84. The molecule has 2 atom stereocenters. The van der Waals surface area contributed by atoms with Gasteiger partial charge in [-0.25, -0.2) is 4.79 Å². The summed E-state index contributed by atoms with van der Waals surface area (Å²) in [6, 6.07) is 12.1. The molecule has 1 aliphatic rings. The summed E-state index contributed by atoms with van der Waals surface area (Å²) in [5.41, 5.74) is 4.09. The number of esters is 2. The lowest BCUT2D eigenvalue weighted by Crippen LogP contribution is -2.45. The number of aromatic nitrogens is 1. The Kier molecular flexibility index (Phi) is 4.83. The fraction of sp³-hybridized carbons (Fsp3) is 0.238. The van der Waals surface area contributed by atoms with Crippen LogP contribution in [0.3, 0.4) is 0 Å². The molecule has 0 saturated heterocycles. The number of carbonyl (C=O) groups excluding carboxylic acids is 2. The molecular formula is C21H19ClN2O4. The topological polar surface area (TPSA) is 80.4 Å². The third-order valence-corrected chi connectivity index (χ3v) is 5.29. The lowest BCUT2D eigenvalue weighted by Gasteiger charge is -2.30. The summed E-state index contributed by atoms with van der Waals surface area (Å²) in [5, 5.41) is 4.81. The number of aromatic amines is 1. The van der Waals surface area contributed by atoms with E-state index in [0.717, 1.165) is 27.7 Å². The van der Waals surface area contributed by atoms with Crippen molar-refractivity contribution in [1.82, 2.24) is 10.3 Å². The highest BCUT2D eigenvalue weighted by molar-refractivity contribution is 6.31. The number of hydrogen-bond donors (Lipinski definition) is 2. The maximum Gasteiger partial charge on any atom is 0.337 e. The average molecular weight is 399 g/mol. The van der Waals surface area contributed by atoms with E-state index in [-0.39, 0.29) is 12.0 Å². The lowest BCUT2D eigenvalue weighted by molar-refractivity contribution is -0.143. The Labute approximate surface area is 166 Å². The highest BCUT2D eigenvalue weighted by atomic mass is 35.5. The molecule has 2 heterocycles. The van der Waals surface area contributed by atoms with Gasteiger partial charge in [0.25, 0.3) is 0 Å². The number of halogens is 1. The number of H-pyrrole nitrogens is 1. The zero-order chi connectivity index (χ0) is 19.8.